The maximum absolute atomic E-state index is 12.2. The van der Waals surface area contributed by atoms with Crippen LogP contribution in [0.3, 0.4) is 0 Å². The first-order chi connectivity index (χ1) is 11.3. The van der Waals surface area contributed by atoms with Gasteiger partial charge < -0.3 is 14.7 Å². The predicted octanol–water partition coefficient (Wildman–Crippen LogP) is 3.28. The Morgan fingerprint density at radius 2 is 2.13 bits per heavy atom. The number of nitrogens with one attached hydrogen (secondary N) is 2. The smallest absolute Gasteiger partial charge is 0.340 e. The molecule has 1 aromatic carbocycles. The predicted molar refractivity (Wildman–Crippen MR) is 87.1 cm³/mol. The molecule has 3 aromatic heterocycles. The van der Waals surface area contributed by atoms with Gasteiger partial charge in [0.15, 0.2) is 0 Å². The molecule has 4 rings (SSSR count). The molecule has 0 bridgehead atoms. The number of carbonyl (C=O) groups is 1. The molecular formula is C17H14N4O2. The lowest BCUT2D eigenvalue weighted by molar-refractivity contribution is 0.0528. The van der Waals surface area contributed by atoms with E-state index >= 15 is 0 Å². The Bertz CT molecular complexity index is 1020. The highest BCUT2D eigenvalue weighted by atomic mass is 16.5. The first-order valence-corrected chi connectivity index (χ1v) is 7.34. The van der Waals surface area contributed by atoms with E-state index in [9.17, 15) is 4.79 Å². The van der Waals surface area contributed by atoms with Crippen LogP contribution in [0.1, 0.15) is 17.3 Å². The summed E-state index contributed by atoms with van der Waals surface area (Å²) in [6, 6.07) is 8.01. The SMILES string of the molecule is CCOC(=O)c1c[nH]c2ncnc(-c3ccc4[nH]ccc4c3)c12. The molecule has 0 saturated carbocycles. The van der Waals surface area contributed by atoms with Gasteiger partial charge in [0.2, 0.25) is 0 Å². The summed E-state index contributed by atoms with van der Waals surface area (Å²) in [4.78, 5) is 26.9. The normalized spacial score (nSPS) is 11.2. The Balaban J connectivity index is 1.95. The number of nitrogens with zero attached hydrogens (tertiary/aromatic N) is 2. The van der Waals surface area contributed by atoms with Gasteiger partial charge in [-0.05, 0) is 25.1 Å². The van der Waals surface area contributed by atoms with Crippen molar-refractivity contribution in [3.05, 3.63) is 48.5 Å². The molecule has 2 N–H and O–H groups in total. The zero-order valence-electron chi connectivity index (χ0n) is 12.5. The number of esters is 1. The fourth-order valence-electron chi connectivity index (χ4n) is 2.75. The van der Waals surface area contributed by atoms with Gasteiger partial charge in [-0.2, -0.15) is 0 Å². The number of ether oxygens (including phenoxy) is 1. The number of carbonyl (C=O) groups excluding carboxylic acids is 1. The summed E-state index contributed by atoms with van der Waals surface area (Å²) in [6.07, 6.45) is 5.00. The number of aromatic amines is 2. The molecule has 0 fully saturated rings. The van der Waals surface area contributed by atoms with Gasteiger partial charge in [0.25, 0.3) is 0 Å². The van der Waals surface area contributed by atoms with Crippen LogP contribution in [-0.2, 0) is 4.74 Å². The Labute approximate surface area is 131 Å². The number of hydrogen-bond donors (Lipinski definition) is 2. The fourth-order valence-corrected chi connectivity index (χ4v) is 2.75. The summed E-state index contributed by atoms with van der Waals surface area (Å²) in [6.45, 7) is 2.10. The van der Waals surface area contributed by atoms with E-state index < -0.39 is 0 Å². The second-order valence-corrected chi connectivity index (χ2v) is 5.15. The Hall–Kier alpha value is -3.15. The molecule has 0 spiro atoms. The summed E-state index contributed by atoms with van der Waals surface area (Å²) in [7, 11) is 0. The van der Waals surface area contributed by atoms with Crippen molar-refractivity contribution in [3.63, 3.8) is 0 Å². The number of H-pyrrole nitrogens is 2. The summed E-state index contributed by atoms with van der Waals surface area (Å²) in [5.74, 6) is -0.377. The van der Waals surface area contributed by atoms with Crippen molar-refractivity contribution in [3.8, 4) is 11.3 Å². The van der Waals surface area contributed by atoms with Crippen LogP contribution in [0.15, 0.2) is 43.0 Å². The van der Waals surface area contributed by atoms with E-state index in [1.807, 2.05) is 30.5 Å². The van der Waals surface area contributed by atoms with Crippen molar-refractivity contribution in [2.24, 2.45) is 0 Å². The van der Waals surface area contributed by atoms with Crippen molar-refractivity contribution < 1.29 is 9.53 Å². The van der Waals surface area contributed by atoms with Crippen molar-refractivity contribution in [1.82, 2.24) is 19.9 Å². The second kappa shape index (κ2) is 5.24. The van der Waals surface area contributed by atoms with Crippen molar-refractivity contribution >= 4 is 27.9 Å². The summed E-state index contributed by atoms with van der Waals surface area (Å²) in [5, 5.41) is 1.77. The lowest BCUT2D eigenvalue weighted by atomic mass is 10.0. The monoisotopic (exact) mass is 306 g/mol. The van der Waals surface area contributed by atoms with Crippen molar-refractivity contribution in [1.29, 1.82) is 0 Å². The third-order valence-corrected chi connectivity index (χ3v) is 3.79. The number of rotatable bonds is 3. The minimum atomic E-state index is -0.377. The average molecular weight is 306 g/mol. The van der Waals surface area contributed by atoms with Gasteiger partial charge in [-0.15, -0.1) is 0 Å². The number of hydrogen-bond acceptors (Lipinski definition) is 4. The van der Waals surface area contributed by atoms with Gasteiger partial charge in [-0.3, -0.25) is 0 Å². The van der Waals surface area contributed by atoms with Gasteiger partial charge >= 0.3 is 5.97 Å². The van der Waals surface area contributed by atoms with E-state index in [2.05, 4.69) is 19.9 Å². The lowest BCUT2D eigenvalue weighted by Crippen LogP contribution is -2.04. The first-order valence-electron chi connectivity index (χ1n) is 7.34. The highest BCUT2D eigenvalue weighted by Gasteiger charge is 2.18. The molecule has 3 heterocycles. The van der Waals surface area contributed by atoms with E-state index in [1.54, 1.807) is 13.1 Å². The molecule has 4 aromatic rings. The van der Waals surface area contributed by atoms with Crippen molar-refractivity contribution in [2.75, 3.05) is 6.61 Å². The maximum atomic E-state index is 12.2. The maximum Gasteiger partial charge on any atom is 0.340 e. The Morgan fingerprint density at radius 3 is 3.00 bits per heavy atom. The minimum Gasteiger partial charge on any atom is -0.462 e. The van der Waals surface area contributed by atoms with E-state index in [-0.39, 0.29) is 5.97 Å². The minimum absolute atomic E-state index is 0.323. The van der Waals surface area contributed by atoms with E-state index in [0.717, 1.165) is 16.5 Å². The molecule has 0 amide bonds. The van der Waals surface area contributed by atoms with Gasteiger partial charge in [0, 0.05) is 28.9 Å². The van der Waals surface area contributed by atoms with Crippen LogP contribution in [0.4, 0.5) is 0 Å². The standard InChI is InChI=1S/C17H14N4O2/c1-2-23-17(22)12-8-19-16-14(12)15(20-9-21-16)11-3-4-13-10(7-11)5-6-18-13/h3-9,18H,2H2,1H3,(H,19,20,21). The summed E-state index contributed by atoms with van der Waals surface area (Å²) < 4.78 is 5.12. The molecule has 0 radical (unpaired) electrons. The number of benzene rings is 1. The average Bonchev–Trinajstić information content (AvgIpc) is 3.20. The van der Waals surface area contributed by atoms with Gasteiger partial charge in [-0.1, -0.05) is 6.07 Å². The van der Waals surface area contributed by atoms with Crippen LogP contribution in [0.5, 0.6) is 0 Å². The van der Waals surface area contributed by atoms with Crippen LogP contribution in [0.25, 0.3) is 33.2 Å². The molecule has 6 nitrogen and oxygen atoms in total. The van der Waals surface area contributed by atoms with Crippen LogP contribution >= 0.6 is 0 Å². The summed E-state index contributed by atoms with van der Waals surface area (Å²) in [5.41, 5.74) is 3.76. The van der Waals surface area contributed by atoms with E-state index in [0.29, 0.717) is 28.9 Å². The van der Waals surface area contributed by atoms with Gasteiger partial charge in [0.1, 0.15) is 12.0 Å². The first kappa shape index (κ1) is 13.5. The van der Waals surface area contributed by atoms with Gasteiger partial charge in [0.05, 0.1) is 23.3 Å². The lowest BCUT2D eigenvalue weighted by Gasteiger charge is -2.05. The third-order valence-electron chi connectivity index (χ3n) is 3.79. The topological polar surface area (TPSA) is 83.7 Å². The molecule has 6 heteroatoms. The molecule has 0 unspecified atom stereocenters. The van der Waals surface area contributed by atoms with E-state index in [1.165, 1.54) is 6.33 Å². The molecule has 0 aliphatic rings. The molecule has 114 valence electrons. The van der Waals surface area contributed by atoms with Crippen LogP contribution in [0, 0.1) is 0 Å². The number of aromatic nitrogens is 4. The molecule has 0 aliphatic carbocycles. The molecule has 0 aliphatic heterocycles. The molecular weight excluding hydrogens is 292 g/mol. The van der Waals surface area contributed by atoms with Crippen LogP contribution < -0.4 is 0 Å². The third kappa shape index (κ3) is 2.15. The zero-order valence-corrected chi connectivity index (χ0v) is 12.5. The zero-order chi connectivity index (χ0) is 15.8. The number of fused-ring (bicyclic) bond motifs is 2. The highest BCUT2D eigenvalue weighted by molar-refractivity contribution is 6.08. The quantitative estimate of drug-likeness (QED) is 0.569. The van der Waals surface area contributed by atoms with Crippen LogP contribution in [0.2, 0.25) is 0 Å². The highest BCUT2D eigenvalue weighted by Crippen LogP contribution is 2.30. The summed E-state index contributed by atoms with van der Waals surface area (Å²) >= 11 is 0. The second-order valence-electron chi connectivity index (χ2n) is 5.15. The largest absolute Gasteiger partial charge is 0.462 e. The Morgan fingerprint density at radius 1 is 1.22 bits per heavy atom. The van der Waals surface area contributed by atoms with Crippen LogP contribution in [-0.4, -0.2) is 32.5 Å². The Kier molecular flexibility index (Phi) is 3.08. The molecule has 23 heavy (non-hydrogen) atoms. The molecule has 0 atom stereocenters. The molecule has 0 saturated heterocycles. The van der Waals surface area contributed by atoms with Gasteiger partial charge in [-0.25, -0.2) is 14.8 Å². The van der Waals surface area contributed by atoms with E-state index in [4.69, 9.17) is 4.74 Å². The van der Waals surface area contributed by atoms with Crippen molar-refractivity contribution in [2.45, 2.75) is 6.92 Å². The fraction of sp³-hybridized carbons (Fsp3) is 0.118.